The molecule has 0 aliphatic heterocycles. The fourth-order valence-electron chi connectivity index (χ4n) is 5.24. The molecule has 55 heavy (non-hydrogen) atoms. The van der Waals surface area contributed by atoms with Crippen molar-refractivity contribution in [1.82, 2.24) is 0 Å². The first-order valence-corrected chi connectivity index (χ1v) is 15.9. The van der Waals surface area contributed by atoms with Crippen molar-refractivity contribution in [2.75, 3.05) is 18.3 Å². The monoisotopic (exact) mass is 832 g/mol. The summed E-state index contributed by atoms with van der Waals surface area (Å²) in [6, 6.07) is 3.62. The van der Waals surface area contributed by atoms with Crippen LogP contribution < -0.4 is 21.9 Å². The fourth-order valence-corrected chi connectivity index (χ4v) is 5.74. The molecular weight excluding hydrogens is 823 g/mol. The molecule has 0 aliphatic rings. The van der Waals surface area contributed by atoms with E-state index in [1.54, 1.807) is 6.08 Å². The van der Waals surface area contributed by atoms with Crippen molar-refractivity contribution in [1.29, 1.82) is 10.5 Å². The van der Waals surface area contributed by atoms with Crippen LogP contribution in [-0.4, -0.2) is 24.4 Å². The maximum atomic E-state index is 15.4. The van der Waals surface area contributed by atoms with Crippen LogP contribution in [0.15, 0.2) is 11.6 Å². The van der Waals surface area contributed by atoms with Gasteiger partial charge in [0.25, 0.3) is 0 Å². The van der Waals surface area contributed by atoms with E-state index in [1.807, 2.05) is 12.1 Å². The van der Waals surface area contributed by atoms with Gasteiger partial charge in [-0.1, -0.05) is 0 Å². The summed E-state index contributed by atoms with van der Waals surface area (Å²) in [5.41, 5.74) is -14.1. The Labute approximate surface area is 295 Å². The molecule has 0 heterocycles. The van der Waals surface area contributed by atoms with Crippen LogP contribution in [0.25, 0.3) is 0 Å². The van der Waals surface area contributed by atoms with Crippen LogP contribution in [0.4, 0.5) is 87.8 Å². The largest absolute Gasteiger partial charge is 0.207 e. The second-order valence-corrected chi connectivity index (χ2v) is 13.1. The van der Waals surface area contributed by atoms with Gasteiger partial charge in [-0.3, -0.25) is 0 Å². The first-order chi connectivity index (χ1) is 25.4. The Hall–Kier alpha value is -5.39. The highest BCUT2D eigenvalue weighted by molar-refractivity contribution is 7.95. The number of nitrogens with zero attached hydrogens (tertiary/aromatic N) is 2. The third-order valence-corrected chi connectivity index (χ3v) is 8.40. The molecule has 0 spiro atoms. The molecule has 0 fully saturated rings. The molecule has 0 aromatic heterocycles. The third kappa shape index (κ3) is 6.91. The molecular formula is C31H9BF20N2S. The lowest BCUT2D eigenvalue weighted by Gasteiger charge is -2.44. The van der Waals surface area contributed by atoms with Crippen molar-refractivity contribution in [3.05, 3.63) is 128 Å². The van der Waals surface area contributed by atoms with E-state index in [2.05, 4.69) is 12.5 Å². The molecule has 0 saturated carbocycles. The van der Waals surface area contributed by atoms with Crippen LogP contribution >= 0.6 is 0 Å². The average molecular weight is 832 g/mol. The Morgan fingerprint density at radius 2 is 0.545 bits per heavy atom. The zero-order chi connectivity index (χ0) is 42.3. The van der Waals surface area contributed by atoms with Crippen molar-refractivity contribution >= 4 is 38.9 Å². The molecule has 24 heteroatoms. The minimum absolute atomic E-state index is 0.223. The molecule has 0 radical (unpaired) electrons. The van der Waals surface area contributed by atoms with Gasteiger partial charge in [0.2, 0.25) is 0 Å². The van der Waals surface area contributed by atoms with Gasteiger partial charge in [0.1, 0.15) is 76.1 Å². The van der Waals surface area contributed by atoms with Gasteiger partial charge >= 0.3 is 0 Å². The Balaban J connectivity index is 0.000000712. The van der Waals surface area contributed by atoms with Crippen molar-refractivity contribution in [3.8, 4) is 12.1 Å². The predicted octanol–water partition coefficient (Wildman–Crippen LogP) is 6.68. The molecule has 0 bridgehead atoms. The first kappa shape index (κ1) is 44.0. The maximum Gasteiger partial charge on any atom is 0.200 e. The van der Waals surface area contributed by atoms with Crippen molar-refractivity contribution in [2.24, 2.45) is 0 Å². The van der Waals surface area contributed by atoms with Gasteiger partial charge in [0.15, 0.2) is 69.8 Å². The van der Waals surface area contributed by atoms with Crippen LogP contribution in [0.3, 0.4) is 0 Å². The van der Waals surface area contributed by atoms with E-state index in [0.717, 1.165) is 5.75 Å². The molecule has 0 N–H and O–H groups in total. The van der Waals surface area contributed by atoms with E-state index < -0.39 is 144 Å². The molecule has 0 unspecified atom stereocenters. The number of allylic oxidation sites excluding steroid dienone is 1. The summed E-state index contributed by atoms with van der Waals surface area (Å²) in [5.74, 6) is -70.6. The molecule has 0 aliphatic carbocycles. The number of rotatable bonds is 6. The Morgan fingerprint density at radius 3 is 0.691 bits per heavy atom. The van der Waals surface area contributed by atoms with Crippen molar-refractivity contribution < 1.29 is 87.8 Å². The van der Waals surface area contributed by atoms with Crippen molar-refractivity contribution in [2.45, 2.75) is 0 Å². The van der Waals surface area contributed by atoms with Gasteiger partial charge in [-0.25, -0.2) is 87.8 Å². The van der Waals surface area contributed by atoms with E-state index in [1.165, 1.54) is 0 Å². The average Bonchev–Trinajstić information content (AvgIpc) is 3.15. The molecule has 4 aromatic carbocycles. The Bertz CT molecular complexity index is 1970. The van der Waals surface area contributed by atoms with Gasteiger partial charge in [0, 0.05) is 0 Å². The first-order valence-electron chi connectivity index (χ1n) is 13.7. The Morgan fingerprint density at radius 1 is 0.382 bits per heavy atom. The maximum absolute atomic E-state index is 15.4. The molecule has 4 rings (SSSR count). The lowest BCUT2D eigenvalue weighted by atomic mass is 9.12. The predicted molar refractivity (Wildman–Crippen MR) is 153 cm³/mol. The summed E-state index contributed by atoms with van der Waals surface area (Å²) in [4.78, 5) is 0. The minimum Gasteiger partial charge on any atom is -0.207 e. The van der Waals surface area contributed by atoms with Crippen LogP contribution in [0.2, 0.25) is 0 Å². The molecule has 0 amide bonds. The standard InChI is InChI=1S/C24BF20.C7H9N2S/c26-5-1(6(27)14(35)21(42)13(5)34)25(2-7(28)15(36)22(43)16(37)8(2)29,3-9(30)17(38)23(44)18(39)10(3)31)4-11(32)19(40)24(45)20(41)12(4)33;1-10(2)4-3-7(5-8)6-9/h;3H,4H2,1-2H3/q-1;+1. The van der Waals surface area contributed by atoms with Gasteiger partial charge in [-0.05, 0) is 17.0 Å². The number of hydrogen-bond acceptors (Lipinski definition) is 2. The highest BCUT2D eigenvalue weighted by Crippen LogP contribution is 2.30. The van der Waals surface area contributed by atoms with E-state index >= 15 is 35.1 Å². The lowest BCUT2D eigenvalue weighted by molar-refractivity contribution is 0.378. The number of benzene rings is 4. The minimum atomic E-state index is -7.22. The smallest absolute Gasteiger partial charge is 0.200 e. The van der Waals surface area contributed by atoms with Gasteiger partial charge in [-0.2, -0.15) is 10.5 Å². The van der Waals surface area contributed by atoms with E-state index in [0.29, 0.717) is 0 Å². The summed E-state index contributed by atoms with van der Waals surface area (Å²) < 4.78 is 294. The van der Waals surface area contributed by atoms with Gasteiger partial charge < -0.3 is 0 Å². The quantitative estimate of drug-likeness (QED) is 0.0544. The third-order valence-electron chi connectivity index (χ3n) is 7.57. The summed E-state index contributed by atoms with van der Waals surface area (Å²) in [7, 11) is 0.282. The normalized spacial score (nSPS) is 11.3. The number of nitriles is 2. The van der Waals surface area contributed by atoms with Crippen LogP contribution in [-0.2, 0) is 10.9 Å². The van der Waals surface area contributed by atoms with E-state index in [9.17, 15) is 52.7 Å². The molecule has 2 nitrogen and oxygen atoms in total. The highest BCUT2D eigenvalue weighted by Gasteiger charge is 2.52. The van der Waals surface area contributed by atoms with E-state index in [-0.39, 0.29) is 16.5 Å². The zero-order valence-corrected chi connectivity index (χ0v) is 27.0. The Kier molecular flexibility index (Phi) is 12.9. The van der Waals surface area contributed by atoms with E-state index in [4.69, 9.17) is 10.5 Å². The topological polar surface area (TPSA) is 47.6 Å². The lowest BCUT2D eigenvalue weighted by Crippen LogP contribution is -2.81. The molecule has 0 atom stereocenters. The molecule has 292 valence electrons. The second-order valence-electron chi connectivity index (χ2n) is 10.8. The fraction of sp³-hybridized carbons (Fsp3) is 0.0968. The summed E-state index contributed by atoms with van der Waals surface area (Å²) in [6.07, 6.45) is -1.39. The van der Waals surface area contributed by atoms with Crippen LogP contribution in [0.1, 0.15) is 0 Å². The van der Waals surface area contributed by atoms with Gasteiger partial charge in [0.05, 0.1) is 12.5 Å². The second kappa shape index (κ2) is 16.1. The van der Waals surface area contributed by atoms with Gasteiger partial charge in [-0.15, -0.1) is 21.9 Å². The number of hydrogen-bond donors (Lipinski definition) is 0. The highest BCUT2D eigenvalue weighted by atomic mass is 32.2. The number of halogens is 20. The zero-order valence-electron chi connectivity index (χ0n) is 26.2. The summed E-state index contributed by atoms with van der Waals surface area (Å²) in [5, 5.41) is 16.6. The van der Waals surface area contributed by atoms with Crippen LogP contribution in [0, 0.1) is 139 Å². The SMILES string of the molecule is C[S+](C)CC=C(C#N)C#N.Fc1c(F)c(F)c([B-](c2c(F)c(F)c(F)c(F)c2F)(c2c(F)c(F)c(F)c(F)c2F)c2c(F)c(F)c(F)c(F)c2F)c(F)c1F. The summed E-state index contributed by atoms with van der Waals surface area (Å²) in [6.45, 7) is 0. The van der Waals surface area contributed by atoms with Crippen LogP contribution in [0.5, 0.6) is 0 Å². The molecule has 0 saturated heterocycles. The summed E-state index contributed by atoms with van der Waals surface area (Å²) >= 11 is 0. The molecule has 4 aromatic rings. The van der Waals surface area contributed by atoms with Crippen molar-refractivity contribution in [3.63, 3.8) is 0 Å².